The van der Waals surface area contributed by atoms with Gasteiger partial charge in [0.15, 0.2) is 0 Å². The third kappa shape index (κ3) is 5.22. The topological polar surface area (TPSA) is 51.4 Å². The molecular formula is C25H27F2N3O2. The lowest BCUT2D eigenvalue weighted by Crippen LogP contribution is -2.29. The first-order chi connectivity index (χ1) is 15.5. The first-order valence-corrected chi connectivity index (χ1v) is 10.8. The maximum absolute atomic E-state index is 13.8. The van der Waals surface area contributed by atoms with Gasteiger partial charge in [-0.1, -0.05) is 22.9 Å². The summed E-state index contributed by atoms with van der Waals surface area (Å²) >= 11 is 0. The molecule has 1 aliphatic rings. The van der Waals surface area contributed by atoms with E-state index in [1.165, 1.54) is 11.6 Å². The number of hydrogen-bond acceptors (Lipinski definition) is 5. The van der Waals surface area contributed by atoms with Crippen LogP contribution in [0.1, 0.15) is 43.2 Å². The summed E-state index contributed by atoms with van der Waals surface area (Å²) in [5, 5.41) is 4.05. The molecule has 1 aliphatic carbocycles. The first kappa shape index (κ1) is 22.1. The number of nitrogens with zero attached hydrogens (tertiary/aromatic N) is 3. The third-order valence-electron chi connectivity index (χ3n) is 5.97. The van der Waals surface area contributed by atoms with Crippen LogP contribution in [0, 0.1) is 11.7 Å². The number of ether oxygens (including phenoxy) is 1. The van der Waals surface area contributed by atoms with Crippen LogP contribution in [0.5, 0.6) is 5.75 Å². The van der Waals surface area contributed by atoms with Crippen LogP contribution in [-0.2, 0) is 0 Å². The van der Waals surface area contributed by atoms with Crippen LogP contribution in [0.2, 0.25) is 0 Å². The Kier molecular flexibility index (Phi) is 6.95. The molecular weight excluding hydrogens is 412 g/mol. The SMILES string of the molecule is CN(C)C(c1cccc(F)c1)C1CCC(=Cc2nc(-c3ccc(OCF)cc3)no2)CC1. The van der Waals surface area contributed by atoms with Crippen molar-refractivity contribution in [3.63, 3.8) is 0 Å². The van der Waals surface area contributed by atoms with E-state index >= 15 is 0 Å². The van der Waals surface area contributed by atoms with Crippen molar-refractivity contribution in [2.75, 3.05) is 21.0 Å². The molecule has 1 heterocycles. The molecule has 7 heteroatoms. The Balaban J connectivity index is 1.41. The van der Waals surface area contributed by atoms with E-state index in [4.69, 9.17) is 9.26 Å². The Morgan fingerprint density at radius 3 is 2.56 bits per heavy atom. The molecule has 1 atom stereocenters. The molecule has 0 N–H and O–H groups in total. The smallest absolute Gasteiger partial charge is 0.250 e. The van der Waals surface area contributed by atoms with Gasteiger partial charge in [0.1, 0.15) is 11.6 Å². The summed E-state index contributed by atoms with van der Waals surface area (Å²) in [5.41, 5.74) is 3.08. The zero-order chi connectivity index (χ0) is 22.5. The number of alkyl halides is 1. The van der Waals surface area contributed by atoms with Crippen molar-refractivity contribution in [2.24, 2.45) is 5.92 Å². The highest BCUT2D eigenvalue weighted by atomic mass is 19.1. The standard InChI is InChI=1S/C25H27F2N3O2/c1-30(2)24(20-4-3-5-21(27)15-20)18-8-6-17(7-9-18)14-23-28-25(29-32-23)19-10-12-22(13-11-19)31-16-26/h3-5,10-15,18,24H,6-9,16H2,1-2H3. The fourth-order valence-corrected chi connectivity index (χ4v) is 4.50. The average molecular weight is 440 g/mol. The van der Waals surface area contributed by atoms with Gasteiger partial charge in [-0.15, -0.1) is 0 Å². The Hall–Kier alpha value is -3.06. The van der Waals surface area contributed by atoms with Gasteiger partial charge < -0.3 is 14.2 Å². The molecule has 4 rings (SSSR count). The van der Waals surface area contributed by atoms with Crippen LogP contribution in [0.25, 0.3) is 17.5 Å². The maximum atomic E-state index is 13.8. The summed E-state index contributed by atoms with van der Waals surface area (Å²) in [6.07, 6.45) is 5.89. The monoisotopic (exact) mass is 439 g/mol. The minimum atomic E-state index is -0.863. The molecule has 0 spiro atoms. The minimum absolute atomic E-state index is 0.187. The van der Waals surface area contributed by atoms with Crippen molar-refractivity contribution in [3.05, 3.63) is 71.4 Å². The Labute approximate surface area is 186 Å². The number of aromatic nitrogens is 2. The van der Waals surface area contributed by atoms with Crippen molar-refractivity contribution in [1.82, 2.24) is 15.0 Å². The Morgan fingerprint density at radius 2 is 1.91 bits per heavy atom. The molecule has 0 bridgehead atoms. The van der Waals surface area contributed by atoms with E-state index < -0.39 is 6.86 Å². The molecule has 1 saturated carbocycles. The summed E-state index contributed by atoms with van der Waals surface area (Å²) in [7, 11) is 4.11. The van der Waals surface area contributed by atoms with Gasteiger partial charge in [-0.2, -0.15) is 4.98 Å². The van der Waals surface area contributed by atoms with E-state index in [2.05, 4.69) is 29.1 Å². The van der Waals surface area contributed by atoms with Gasteiger partial charge in [-0.05, 0) is 87.7 Å². The van der Waals surface area contributed by atoms with Gasteiger partial charge in [0.25, 0.3) is 5.89 Å². The molecule has 168 valence electrons. The van der Waals surface area contributed by atoms with Crippen LogP contribution in [0.4, 0.5) is 8.78 Å². The predicted octanol–water partition coefficient (Wildman–Crippen LogP) is 6.06. The number of benzene rings is 2. The molecule has 0 radical (unpaired) electrons. The zero-order valence-electron chi connectivity index (χ0n) is 18.3. The maximum Gasteiger partial charge on any atom is 0.250 e. The largest absolute Gasteiger partial charge is 0.463 e. The van der Waals surface area contributed by atoms with Crippen molar-refractivity contribution in [1.29, 1.82) is 0 Å². The number of allylic oxidation sites excluding steroid dienone is 1. The van der Waals surface area contributed by atoms with Gasteiger partial charge in [-0.25, -0.2) is 8.78 Å². The predicted molar refractivity (Wildman–Crippen MR) is 119 cm³/mol. The molecule has 0 amide bonds. The van der Waals surface area contributed by atoms with E-state index in [0.29, 0.717) is 23.4 Å². The molecule has 32 heavy (non-hydrogen) atoms. The molecule has 0 saturated heterocycles. The van der Waals surface area contributed by atoms with E-state index in [0.717, 1.165) is 36.8 Å². The Morgan fingerprint density at radius 1 is 1.16 bits per heavy atom. The van der Waals surface area contributed by atoms with Crippen LogP contribution >= 0.6 is 0 Å². The number of halogens is 2. The third-order valence-corrected chi connectivity index (χ3v) is 5.97. The second kappa shape index (κ2) is 10.0. The van der Waals surface area contributed by atoms with Gasteiger partial charge >= 0.3 is 0 Å². The molecule has 1 unspecified atom stereocenters. The average Bonchev–Trinajstić information content (AvgIpc) is 3.24. The van der Waals surface area contributed by atoms with Crippen molar-refractivity contribution in [2.45, 2.75) is 31.7 Å². The lowest BCUT2D eigenvalue weighted by atomic mass is 9.78. The van der Waals surface area contributed by atoms with Crippen LogP contribution in [-0.4, -0.2) is 36.0 Å². The highest BCUT2D eigenvalue weighted by Gasteiger charge is 2.28. The van der Waals surface area contributed by atoms with E-state index in [9.17, 15) is 8.78 Å². The fourth-order valence-electron chi connectivity index (χ4n) is 4.50. The quantitative estimate of drug-likeness (QED) is 0.448. The molecule has 3 aromatic rings. The van der Waals surface area contributed by atoms with E-state index in [1.807, 2.05) is 12.1 Å². The summed E-state index contributed by atoms with van der Waals surface area (Å²) in [6, 6.07) is 14.0. The minimum Gasteiger partial charge on any atom is -0.463 e. The highest BCUT2D eigenvalue weighted by Crippen LogP contribution is 2.39. The lowest BCUT2D eigenvalue weighted by Gasteiger charge is -2.36. The van der Waals surface area contributed by atoms with Crippen LogP contribution in [0.15, 0.2) is 58.6 Å². The second-order valence-electron chi connectivity index (χ2n) is 8.34. The van der Waals surface area contributed by atoms with Crippen LogP contribution in [0.3, 0.4) is 0 Å². The summed E-state index contributed by atoms with van der Waals surface area (Å²) in [5.74, 6) is 1.67. The van der Waals surface area contributed by atoms with Crippen molar-refractivity contribution < 1.29 is 18.0 Å². The number of hydrogen-bond donors (Lipinski definition) is 0. The molecule has 0 aliphatic heterocycles. The van der Waals surface area contributed by atoms with Gasteiger partial charge in [0.2, 0.25) is 12.7 Å². The lowest BCUT2D eigenvalue weighted by molar-refractivity contribution is 0.183. The summed E-state index contributed by atoms with van der Waals surface area (Å²) in [6.45, 7) is -0.863. The number of rotatable bonds is 7. The first-order valence-electron chi connectivity index (χ1n) is 10.8. The van der Waals surface area contributed by atoms with Crippen LogP contribution < -0.4 is 4.74 Å². The molecule has 5 nitrogen and oxygen atoms in total. The van der Waals surface area contributed by atoms with Gasteiger partial charge in [0.05, 0.1) is 0 Å². The van der Waals surface area contributed by atoms with Crippen molar-refractivity contribution in [3.8, 4) is 17.1 Å². The van der Waals surface area contributed by atoms with E-state index in [1.54, 1.807) is 36.4 Å². The van der Waals surface area contributed by atoms with Crippen molar-refractivity contribution >= 4 is 6.08 Å². The summed E-state index contributed by atoms with van der Waals surface area (Å²) in [4.78, 5) is 6.65. The van der Waals surface area contributed by atoms with Gasteiger partial charge in [0, 0.05) is 17.7 Å². The second-order valence-corrected chi connectivity index (χ2v) is 8.34. The fraction of sp³-hybridized carbons (Fsp3) is 0.360. The molecule has 1 fully saturated rings. The summed E-state index contributed by atoms with van der Waals surface area (Å²) < 4.78 is 36.3. The molecule has 1 aromatic heterocycles. The zero-order valence-corrected chi connectivity index (χ0v) is 18.3. The molecule has 2 aromatic carbocycles. The Bertz CT molecular complexity index is 1050. The highest BCUT2D eigenvalue weighted by molar-refractivity contribution is 5.57. The normalized spacial score (nSPS) is 17.4. The van der Waals surface area contributed by atoms with Gasteiger partial charge in [-0.3, -0.25) is 0 Å². The van der Waals surface area contributed by atoms with E-state index in [-0.39, 0.29) is 11.9 Å².